The number of phenols is 1. The van der Waals surface area contributed by atoms with E-state index in [-0.39, 0.29) is 49.1 Å². The van der Waals surface area contributed by atoms with E-state index < -0.39 is 61.6 Å². The van der Waals surface area contributed by atoms with Gasteiger partial charge in [-0.3, -0.25) is 9.55 Å². The van der Waals surface area contributed by atoms with Gasteiger partial charge in [-0.25, -0.2) is 4.98 Å². The van der Waals surface area contributed by atoms with Gasteiger partial charge in [0.2, 0.25) is 0 Å². The van der Waals surface area contributed by atoms with Crippen LogP contribution in [0.1, 0.15) is 108 Å². The SMILES string of the molecule is [2H]c1c([2H])c(C(C([2H])([2H])[2H])(C([2H])([2H])[2H])C([2H])([2H])[2H])c([2H])c([2H])c1-c1ccnc(-c2[c-]c(-c3cccc4c3nc(-c3cc(C)cc(C)c3O)n4-c3ccc(C([2H])(C)C)cc3-c3ccc(C(C)(C)C)cc3)cc(-c3ccccc3)c2)c1.[Pt]. The molecule has 66 heavy (non-hydrogen) atoms. The van der Waals surface area contributed by atoms with Crippen LogP contribution in [0.5, 0.6) is 5.75 Å². The smallest absolute Gasteiger partial charge is 0.148 e. The van der Waals surface area contributed by atoms with Crippen molar-refractivity contribution in [3.8, 4) is 78.6 Å². The van der Waals surface area contributed by atoms with Crippen molar-refractivity contribution in [1.82, 2.24) is 14.5 Å². The van der Waals surface area contributed by atoms with E-state index >= 15 is 0 Å². The number of aromatic nitrogens is 3. The number of nitrogens with zero attached hydrogens (tertiary/aromatic N) is 3. The van der Waals surface area contributed by atoms with Gasteiger partial charge in [-0.2, -0.15) is 0 Å². The van der Waals surface area contributed by atoms with Crippen molar-refractivity contribution in [3.05, 3.63) is 192 Å². The summed E-state index contributed by atoms with van der Waals surface area (Å²) in [7, 11) is 0. The Balaban J connectivity index is 0.00000841. The first-order valence-electron chi connectivity index (χ1n) is 28.5. The molecule has 0 spiro atoms. The number of aromatic hydroxyl groups is 1. The van der Waals surface area contributed by atoms with Gasteiger partial charge in [-0.05, 0) is 111 Å². The van der Waals surface area contributed by atoms with Crippen molar-refractivity contribution >= 4 is 11.0 Å². The number of aryl methyl sites for hydroxylation is 2. The van der Waals surface area contributed by atoms with Crippen molar-refractivity contribution in [2.75, 3.05) is 0 Å². The minimum Gasteiger partial charge on any atom is -0.507 e. The molecule has 5 heteroatoms. The number of para-hydroxylation sites is 1. The Hall–Kier alpha value is -6.35. The van der Waals surface area contributed by atoms with Crippen LogP contribution < -0.4 is 0 Å². The second kappa shape index (κ2) is 18.1. The summed E-state index contributed by atoms with van der Waals surface area (Å²) in [5.74, 6) is -0.407. The molecule has 0 unspecified atom stereocenters. The first-order chi connectivity index (χ1) is 36.8. The molecular formula is C61H58N3OPt-. The van der Waals surface area contributed by atoms with Gasteiger partial charge in [-0.1, -0.05) is 181 Å². The van der Waals surface area contributed by atoms with Gasteiger partial charge in [0.05, 0.1) is 27.8 Å². The van der Waals surface area contributed by atoms with Gasteiger partial charge in [0.25, 0.3) is 0 Å². The van der Waals surface area contributed by atoms with Gasteiger partial charge in [0, 0.05) is 52.2 Å². The Morgan fingerprint density at radius 3 is 2.08 bits per heavy atom. The Morgan fingerprint density at radius 1 is 0.652 bits per heavy atom. The van der Waals surface area contributed by atoms with Gasteiger partial charge in [0.1, 0.15) is 11.6 Å². The van der Waals surface area contributed by atoms with Gasteiger partial charge >= 0.3 is 0 Å². The summed E-state index contributed by atoms with van der Waals surface area (Å²) >= 11 is 0. The molecule has 9 aromatic rings. The molecule has 0 bridgehead atoms. The van der Waals surface area contributed by atoms with Crippen molar-refractivity contribution in [2.24, 2.45) is 0 Å². The average Bonchev–Trinajstić information content (AvgIpc) is 3.06. The van der Waals surface area contributed by atoms with Gasteiger partial charge in [-0.15, -0.1) is 23.8 Å². The van der Waals surface area contributed by atoms with E-state index in [1.165, 1.54) is 18.3 Å². The summed E-state index contributed by atoms with van der Waals surface area (Å²) in [5.41, 5.74) is 6.03. The molecule has 2 heterocycles. The van der Waals surface area contributed by atoms with E-state index in [1.807, 2.05) is 113 Å². The summed E-state index contributed by atoms with van der Waals surface area (Å²) in [5, 5.41) is 11.9. The molecule has 9 rings (SSSR count). The van der Waals surface area contributed by atoms with Crippen LogP contribution >= 0.6 is 0 Å². The van der Waals surface area contributed by atoms with Gasteiger partial charge in [0.15, 0.2) is 0 Å². The van der Waals surface area contributed by atoms with Crippen LogP contribution in [0, 0.1) is 19.9 Å². The molecule has 0 saturated carbocycles. The molecule has 334 valence electrons. The number of rotatable bonds is 8. The maximum atomic E-state index is 11.9. The van der Waals surface area contributed by atoms with E-state index in [0.717, 1.165) is 44.6 Å². The second-order valence-electron chi connectivity index (χ2n) is 18.0. The molecule has 0 aliphatic carbocycles. The fraction of sp³-hybridized carbons (Fsp3) is 0.213. The zero-order valence-electron chi connectivity index (χ0n) is 51.8. The van der Waals surface area contributed by atoms with Crippen LogP contribution in [0.25, 0.3) is 83.9 Å². The molecule has 4 nitrogen and oxygen atoms in total. The van der Waals surface area contributed by atoms with Crippen LogP contribution in [0.3, 0.4) is 0 Å². The number of benzene rings is 7. The Morgan fingerprint density at radius 2 is 1.38 bits per heavy atom. The van der Waals surface area contributed by atoms with E-state index in [9.17, 15) is 5.11 Å². The number of imidazole rings is 1. The topological polar surface area (TPSA) is 50.9 Å². The summed E-state index contributed by atoms with van der Waals surface area (Å²) in [6, 6.07) is 40.2. The Kier molecular flexibility index (Phi) is 8.67. The summed E-state index contributed by atoms with van der Waals surface area (Å²) < 4.78 is 122. The van der Waals surface area contributed by atoms with Crippen LogP contribution in [-0.2, 0) is 31.9 Å². The molecule has 1 N–H and O–H groups in total. The molecule has 0 amide bonds. The van der Waals surface area contributed by atoms with Crippen molar-refractivity contribution in [2.45, 2.75) is 85.7 Å². The van der Waals surface area contributed by atoms with Crippen molar-refractivity contribution in [1.29, 1.82) is 0 Å². The first kappa shape index (κ1) is 31.5. The number of fused-ring (bicyclic) bond motifs is 1. The zero-order valence-corrected chi connectivity index (χ0v) is 40.1. The fourth-order valence-electron chi connectivity index (χ4n) is 8.32. The van der Waals surface area contributed by atoms with Crippen LogP contribution in [0.2, 0.25) is 0 Å². The van der Waals surface area contributed by atoms with E-state index in [4.69, 9.17) is 29.2 Å². The quantitative estimate of drug-likeness (QED) is 0.154. The molecule has 0 atom stereocenters. The third kappa shape index (κ3) is 9.09. The Labute approximate surface area is 425 Å². The molecular weight excluding hydrogens is 986 g/mol. The summed E-state index contributed by atoms with van der Waals surface area (Å²) in [6.45, 7) is 2.54. The molecule has 0 saturated heterocycles. The largest absolute Gasteiger partial charge is 0.507 e. The van der Waals surface area contributed by atoms with Crippen molar-refractivity contribution < 1.29 is 45.4 Å². The second-order valence-corrected chi connectivity index (χ2v) is 18.0. The predicted octanol–water partition coefficient (Wildman–Crippen LogP) is 16.3. The van der Waals surface area contributed by atoms with E-state index in [0.29, 0.717) is 44.7 Å². The van der Waals surface area contributed by atoms with E-state index in [1.54, 1.807) is 0 Å². The fourth-order valence-corrected chi connectivity index (χ4v) is 8.32. The third-order valence-corrected chi connectivity index (χ3v) is 11.8. The summed E-state index contributed by atoms with van der Waals surface area (Å²) in [6.07, 6.45) is 1.40. The molecule has 0 aliphatic heterocycles. The normalized spacial score (nSPS) is 15.7. The summed E-state index contributed by atoms with van der Waals surface area (Å²) in [4.78, 5) is 10.1. The monoisotopic (exact) mass is 1060 g/mol. The van der Waals surface area contributed by atoms with Crippen molar-refractivity contribution in [3.63, 3.8) is 0 Å². The molecule has 0 fully saturated rings. The molecule has 0 radical (unpaired) electrons. The number of hydrogen-bond donors (Lipinski definition) is 1. The third-order valence-electron chi connectivity index (χ3n) is 11.8. The minimum atomic E-state index is -3.82. The molecule has 0 aliphatic rings. The molecule has 2 aromatic heterocycles. The standard InChI is InChI=1S/C61H58N3O.Pt/c1-38(2)44-23-28-55(52(36-44)43-21-26-50(27-22-43)61(8,9)10)64-56-18-14-17-51(57(56)63-59(64)53-32-39(3)31-40(4)58(53)65)47-33-46(41-15-12-11-13-16-41)34-48(35-47)54-37-45(29-30-62-54)42-19-24-49(25-20-42)60(5,6)7;/h11-34,36-38,65H,1-10H3;/q-1;/i5D3,6D3,7D3,19D,20D,24D,25D,38D;. The van der Waals surface area contributed by atoms with Crippen LogP contribution in [-0.4, -0.2) is 19.6 Å². The van der Waals surface area contributed by atoms with Crippen LogP contribution in [0.4, 0.5) is 0 Å². The maximum absolute atomic E-state index is 11.9. The first-order valence-corrected chi connectivity index (χ1v) is 21.5. The van der Waals surface area contributed by atoms with Crippen LogP contribution in [0.15, 0.2) is 158 Å². The average molecular weight is 1060 g/mol. The predicted molar refractivity (Wildman–Crippen MR) is 273 cm³/mol. The minimum absolute atomic E-state index is 0. The van der Waals surface area contributed by atoms with E-state index in [2.05, 4.69) is 61.7 Å². The number of hydrogen-bond acceptors (Lipinski definition) is 3. The maximum Gasteiger partial charge on any atom is 0.148 e. The number of phenolic OH excluding ortho intramolecular Hbond substituents is 1. The van der Waals surface area contributed by atoms with Gasteiger partial charge < -0.3 is 5.11 Å². The number of pyridine rings is 1. The Bertz CT molecular complexity index is 3790. The molecule has 7 aromatic carbocycles. The zero-order chi connectivity index (χ0) is 57.7.